The zero-order chi connectivity index (χ0) is 26.5. The zero-order valence-electron chi connectivity index (χ0n) is 20.1. The fourth-order valence-corrected chi connectivity index (χ4v) is 4.01. The number of carbonyl (C=O) groups is 2. The standard InChI is InChI=1S/C27H24Cl3N5O2/c1-17(2)34(27(37)31-20-10-8-19(28)9-11-20)16-26(36)32-25-15-24(18-6-4-3-5-7-18)33-35(25)21-12-13-22(29)23(30)14-21/h3-15,17H,16H2,1-2H3,(H,31,37)(H,32,36). The number of anilines is 2. The molecule has 0 aliphatic rings. The van der Waals surface area contributed by atoms with Crippen LogP contribution in [-0.2, 0) is 4.79 Å². The summed E-state index contributed by atoms with van der Waals surface area (Å²) < 4.78 is 1.58. The lowest BCUT2D eigenvalue weighted by Crippen LogP contribution is -2.44. The molecule has 3 aromatic carbocycles. The molecule has 4 rings (SSSR count). The summed E-state index contributed by atoms with van der Waals surface area (Å²) in [5, 5.41) is 11.7. The second-order valence-corrected chi connectivity index (χ2v) is 9.75. The van der Waals surface area contributed by atoms with Crippen LogP contribution in [-0.4, -0.2) is 39.2 Å². The number of hydrogen-bond donors (Lipinski definition) is 2. The predicted molar refractivity (Wildman–Crippen MR) is 150 cm³/mol. The molecular weight excluding hydrogens is 533 g/mol. The molecule has 0 atom stereocenters. The summed E-state index contributed by atoms with van der Waals surface area (Å²) in [5.74, 6) is 0.0323. The molecule has 4 aromatic rings. The van der Waals surface area contributed by atoms with Gasteiger partial charge in [0.05, 0.1) is 21.4 Å². The summed E-state index contributed by atoms with van der Waals surface area (Å²) >= 11 is 18.3. The van der Waals surface area contributed by atoms with Gasteiger partial charge in [-0.1, -0.05) is 65.1 Å². The lowest BCUT2D eigenvalue weighted by atomic mass is 10.1. The SMILES string of the molecule is CC(C)N(CC(=O)Nc1cc(-c2ccccc2)nn1-c1ccc(Cl)c(Cl)c1)C(=O)Nc1ccc(Cl)cc1. The van der Waals surface area contributed by atoms with Crippen molar-refractivity contribution in [3.8, 4) is 16.9 Å². The average Bonchev–Trinajstić information content (AvgIpc) is 3.29. The van der Waals surface area contributed by atoms with Gasteiger partial charge < -0.3 is 15.5 Å². The molecule has 10 heteroatoms. The third kappa shape index (κ3) is 6.63. The van der Waals surface area contributed by atoms with Crippen molar-refractivity contribution in [3.63, 3.8) is 0 Å². The average molecular weight is 557 g/mol. The lowest BCUT2D eigenvalue weighted by molar-refractivity contribution is -0.117. The van der Waals surface area contributed by atoms with Gasteiger partial charge in [0.15, 0.2) is 0 Å². The number of nitrogens with zero attached hydrogens (tertiary/aromatic N) is 3. The highest BCUT2D eigenvalue weighted by Gasteiger charge is 2.22. The minimum Gasteiger partial charge on any atom is -0.313 e. The van der Waals surface area contributed by atoms with Crippen molar-refractivity contribution in [1.29, 1.82) is 0 Å². The molecule has 0 aliphatic carbocycles. The fourth-order valence-electron chi connectivity index (χ4n) is 3.59. The third-order valence-electron chi connectivity index (χ3n) is 5.49. The molecule has 0 unspecified atom stereocenters. The monoisotopic (exact) mass is 555 g/mol. The van der Waals surface area contributed by atoms with Gasteiger partial charge >= 0.3 is 6.03 Å². The van der Waals surface area contributed by atoms with E-state index in [9.17, 15) is 9.59 Å². The van der Waals surface area contributed by atoms with Gasteiger partial charge in [-0.05, 0) is 56.3 Å². The maximum absolute atomic E-state index is 13.1. The first-order valence-corrected chi connectivity index (χ1v) is 12.6. The summed E-state index contributed by atoms with van der Waals surface area (Å²) in [4.78, 5) is 27.5. The highest BCUT2D eigenvalue weighted by molar-refractivity contribution is 6.42. The quantitative estimate of drug-likeness (QED) is 0.249. The van der Waals surface area contributed by atoms with E-state index in [4.69, 9.17) is 34.8 Å². The van der Waals surface area contributed by atoms with Crippen LogP contribution >= 0.6 is 34.8 Å². The van der Waals surface area contributed by atoms with Crippen LogP contribution in [0, 0.1) is 0 Å². The first-order chi connectivity index (χ1) is 17.7. The van der Waals surface area contributed by atoms with Crippen molar-refractivity contribution in [3.05, 3.63) is 93.9 Å². The Morgan fingerprint density at radius 3 is 2.24 bits per heavy atom. The van der Waals surface area contributed by atoms with Crippen molar-refractivity contribution < 1.29 is 9.59 Å². The summed E-state index contributed by atoms with van der Waals surface area (Å²) in [7, 11) is 0. The van der Waals surface area contributed by atoms with Crippen LogP contribution in [0.2, 0.25) is 15.1 Å². The largest absolute Gasteiger partial charge is 0.322 e. The number of hydrogen-bond acceptors (Lipinski definition) is 3. The normalized spacial score (nSPS) is 10.9. The molecule has 1 aromatic heterocycles. The molecule has 0 saturated heterocycles. The van der Waals surface area contributed by atoms with E-state index < -0.39 is 6.03 Å². The van der Waals surface area contributed by atoms with Crippen LogP contribution < -0.4 is 10.6 Å². The van der Waals surface area contributed by atoms with Gasteiger partial charge in [0.1, 0.15) is 12.4 Å². The van der Waals surface area contributed by atoms with E-state index in [0.717, 1.165) is 5.56 Å². The van der Waals surface area contributed by atoms with Gasteiger partial charge in [0.25, 0.3) is 0 Å². The molecular formula is C27H24Cl3N5O2. The van der Waals surface area contributed by atoms with Crippen LogP contribution in [0.4, 0.5) is 16.3 Å². The Kier molecular flexibility index (Phi) is 8.38. The van der Waals surface area contributed by atoms with Crippen molar-refractivity contribution in [2.24, 2.45) is 0 Å². The second kappa shape index (κ2) is 11.7. The molecule has 1 heterocycles. The van der Waals surface area contributed by atoms with Gasteiger partial charge in [0.2, 0.25) is 5.91 Å². The van der Waals surface area contributed by atoms with E-state index >= 15 is 0 Å². The van der Waals surface area contributed by atoms with E-state index in [0.29, 0.717) is 38.0 Å². The smallest absolute Gasteiger partial charge is 0.313 e. The fraction of sp³-hybridized carbons (Fsp3) is 0.148. The summed E-state index contributed by atoms with van der Waals surface area (Å²) in [5.41, 5.74) is 2.73. The number of carbonyl (C=O) groups excluding carboxylic acids is 2. The number of rotatable bonds is 7. The molecule has 7 nitrogen and oxygen atoms in total. The van der Waals surface area contributed by atoms with E-state index in [1.165, 1.54) is 4.90 Å². The molecule has 0 saturated carbocycles. The molecule has 0 bridgehead atoms. The van der Waals surface area contributed by atoms with Crippen LogP contribution in [0.15, 0.2) is 78.9 Å². The maximum Gasteiger partial charge on any atom is 0.322 e. The van der Waals surface area contributed by atoms with Crippen LogP contribution in [0.3, 0.4) is 0 Å². The van der Waals surface area contributed by atoms with Gasteiger partial charge in [-0.15, -0.1) is 0 Å². The Morgan fingerprint density at radius 2 is 1.59 bits per heavy atom. The Morgan fingerprint density at radius 1 is 0.892 bits per heavy atom. The summed E-state index contributed by atoms with van der Waals surface area (Å²) in [6.07, 6.45) is 0. The zero-order valence-corrected chi connectivity index (χ0v) is 22.3. The van der Waals surface area contributed by atoms with Gasteiger partial charge in [-0.3, -0.25) is 4.79 Å². The lowest BCUT2D eigenvalue weighted by Gasteiger charge is -2.26. The van der Waals surface area contributed by atoms with Crippen LogP contribution in [0.5, 0.6) is 0 Å². The number of aromatic nitrogens is 2. The number of benzene rings is 3. The summed E-state index contributed by atoms with van der Waals surface area (Å²) in [6, 6.07) is 22.5. The molecule has 0 aliphatic heterocycles. The molecule has 0 fully saturated rings. The van der Waals surface area contributed by atoms with Crippen LogP contribution in [0.1, 0.15) is 13.8 Å². The second-order valence-electron chi connectivity index (χ2n) is 8.50. The maximum atomic E-state index is 13.1. The molecule has 3 amide bonds. The summed E-state index contributed by atoms with van der Waals surface area (Å²) in [6.45, 7) is 3.49. The Balaban J connectivity index is 1.58. The molecule has 37 heavy (non-hydrogen) atoms. The van der Waals surface area contributed by atoms with Crippen molar-refractivity contribution in [1.82, 2.24) is 14.7 Å². The Bertz CT molecular complexity index is 1410. The van der Waals surface area contributed by atoms with Crippen molar-refractivity contribution in [2.45, 2.75) is 19.9 Å². The highest BCUT2D eigenvalue weighted by Crippen LogP contribution is 2.29. The molecule has 2 N–H and O–H groups in total. The third-order valence-corrected chi connectivity index (χ3v) is 6.48. The van der Waals surface area contributed by atoms with Gasteiger partial charge in [0, 0.05) is 28.4 Å². The van der Waals surface area contributed by atoms with E-state index in [1.54, 1.807) is 53.2 Å². The van der Waals surface area contributed by atoms with E-state index in [1.807, 2.05) is 44.2 Å². The van der Waals surface area contributed by atoms with E-state index in [-0.39, 0.29) is 18.5 Å². The van der Waals surface area contributed by atoms with E-state index in [2.05, 4.69) is 15.7 Å². The van der Waals surface area contributed by atoms with Gasteiger partial charge in [-0.2, -0.15) is 5.10 Å². The highest BCUT2D eigenvalue weighted by atomic mass is 35.5. The number of halogens is 3. The topological polar surface area (TPSA) is 79.3 Å². The number of urea groups is 1. The van der Waals surface area contributed by atoms with Crippen LogP contribution in [0.25, 0.3) is 16.9 Å². The van der Waals surface area contributed by atoms with Crippen molar-refractivity contribution >= 4 is 58.2 Å². The minimum absolute atomic E-state index is 0.176. The first-order valence-electron chi connectivity index (χ1n) is 11.4. The Hall–Kier alpha value is -3.52. The Labute approximate surface area is 229 Å². The van der Waals surface area contributed by atoms with Gasteiger partial charge in [-0.25, -0.2) is 9.48 Å². The number of amides is 3. The molecule has 190 valence electrons. The predicted octanol–water partition coefficient (Wildman–Crippen LogP) is 7.38. The first kappa shape index (κ1) is 26.5. The molecule has 0 radical (unpaired) electrons. The minimum atomic E-state index is -0.407. The molecule has 0 spiro atoms. The number of nitrogens with one attached hydrogen (secondary N) is 2. The van der Waals surface area contributed by atoms with Crippen molar-refractivity contribution in [2.75, 3.05) is 17.2 Å².